The molecular formula is C17H21N. The summed E-state index contributed by atoms with van der Waals surface area (Å²) in [5.41, 5.74) is 10.1. The standard InChI is InChI=1S/C17H21N/c1-14-10-12-15(13-11-14)6-5-9-17(18)16-7-3-2-4-8-16/h2-4,7-8,10-13,17H,5-6,9,18H2,1H3. The minimum Gasteiger partial charge on any atom is -0.324 e. The second-order valence-electron chi connectivity index (χ2n) is 4.90. The van der Waals surface area contributed by atoms with Crippen LogP contribution in [0.2, 0.25) is 0 Å². The highest BCUT2D eigenvalue weighted by Crippen LogP contribution is 2.17. The van der Waals surface area contributed by atoms with Crippen LogP contribution in [0.25, 0.3) is 0 Å². The third-order valence-electron chi connectivity index (χ3n) is 3.33. The first kappa shape index (κ1) is 12.8. The molecule has 0 radical (unpaired) electrons. The molecule has 0 heterocycles. The van der Waals surface area contributed by atoms with Gasteiger partial charge in [-0.2, -0.15) is 0 Å². The van der Waals surface area contributed by atoms with Crippen molar-refractivity contribution < 1.29 is 0 Å². The number of hydrogen-bond donors (Lipinski definition) is 1. The number of benzene rings is 2. The van der Waals surface area contributed by atoms with Crippen LogP contribution in [0.3, 0.4) is 0 Å². The average Bonchev–Trinajstić information content (AvgIpc) is 2.42. The van der Waals surface area contributed by atoms with Gasteiger partial charge in [0, 0.05) is 6.04 Å². The quantitative estimate of drug-likeness (QED) is 0.838. The molecule has 0 aromatic heterocycles. The first-order chi connectivity index (χ1) is 8.75. The van der Waals surface area contributed by atoms with Gasteiger partial charge in [-0.25, -0.2) is 0 Å². The average molecular weight is 239 g/mol. The van der Waals surface area contributed by atoms with E-state index in [4.69, 9.17) is 5.73 Å². The molecule has 0 aliphatic carbocycles. The van der Waals surface area contributed by atoms with E-state index in [9.17, 15) is 0 Å². The molecule has 1 atom stereocenters. The monoisotopic (exact) mass is 239 g/mol. The maximum Gasteiger partial charge on any atom is 0.0294 e. The molecule has 18 heavy (non-hydrogen) atoms. The number of aryl methyl sites for hydroxylation is 2. The molecule has 2 aromatic carbocycles. The summed E-state index contributed by atoms with van der Waals surface area (Å²) in [6, 6.07) is 19.3. The number of nitrogens with two attached hydrogens (primary N) is 1. The Morgan fingerprint density at radius 2 is 1.61 bits per heavy atom. The summed E-state index contributed by atoms with van der Waals surface area (Å²) in [4.78, 5) is 0. The first-order valence-electron chi connectivity index (χ1n) is 6.62. The van der Waals surface area contributed by atoms with Gasteiger partial charge in [-0.15, -0.1) is 0 Å². The largest absolute Gasteiger partial charge is 0.324 e. The van der Waals surface area contributed by atoms with Gasteiger partial charge in [-0.3, -0.25) is 0 Å². The Bertz CT molecular complexity index is 459. The smallest absolute Gasteiger partial charge is 0.0294 e. The molecule has 2 rings (SSSR count). The highest BCUT2D eigenvalue weighted by Gasteiger charge is 2.04. The van der Waals surface area contributed by atoms with E-state index in [1.165, 1.54) is 16.7 Å². The molecule has 0 amide bonds. The molecule has 2 N–H and O–H groups in total. The lowest BCUT2D eigenvalue weighted by Gasteiger charge is -2.11. The maximum atomic E-state index is 6.18. The summed E-state index contributed by atoms with van der Waals surface area (Å²) < 4.78 is 0. The summed E-state index contributed by atoms with van der Waals surface area (Å²) in [6.45, 7) is 2.12. The van der Waals surface area contributed by atoms with Gasteiger partial charge in [0.05, 0.1) is 0 Å². The van der Waals surface area contributed by atoms with Crippen LogP contribution in [-0.4, -0.2) is 0 Å². The van der Waals surface area contributed by atoms with Gasteiger partial charge in [-0.1, -0.05) is 60.2 Å². The SMILES string of the molecule is Cc1ccc(CCCC(N)c2ccccc2)cc1. The van der Waals surface area contributed by atoms with Crippen LogP contribution in [0.15, 0.2) is 54.6 Å². The lowest BCUT2D eigenvalue weighted by molar-refractivity contribution is 0.611. The fourth-order valence-electron chi connectivity index (χ4n) is 2.15. The van der Waals surface area contributed by atoms with Gasteiger partial charge in [0.15, 0.2) is 0 Å². The van der Waals surface area contributed by atoms with E-state index in [0.717, 1.165) is 19.3 Å². The number of rotatable bonds is 5. The van der Waals surface area contributed by atoms with E-state index in [1.807, 2.05) is 6.07 Å². The van der Waals surface area contributed by atoms with Crippen LogP contribution in [0.5, 0.6) is 0 Å². The third kappa shape index (κ3) is 3.71. The lowest BCUT2D eigenvalue weighted by Crippen LogP contribution is -2.10. The van der Waals surface area contributed by atoms with Gasteiger partial charge in [0.2, 0.25) is 0 Å². The van der Waals surface area contributed by atoms with Gasteiger partial charge in [0.25, 0.3) is 0 Å². The van der Waals surface area contributed by atoms with Crippen LogP contribution in [0.4, 0.5) is 0 Å². The summed E-state index contributed by atoms with van der Waals surface area (Å²) in [5.74, 6) is 0. The first-order valence-corrected chi connectivity index (χ1v) is 6.62. The Hall–Kier alpha value is -1.60. The van der Waals surface area contributed by atoms with Crippen molar-refractivity contribution in [3.63, 3.8) is 0 Å². The normalized spacial score (nSPS) is 12.3. The molecule has 0 spiro atoms. The van der Waals surface area contributed by atoms with Crippen molar-refractivity contribution >= 4 is 0 Å². The Morgan fingerprint density at radius 3 is 2.28 bits per heavy atom. The van der Waals surface area contributed by atoms with Crippen LogP contribution in [-0.2, 0) is 6.42 Å². The highest BCUT2D eigenvalue weighted by atomic mass is 14.6. The molecule has 1 heteroatoms. The van der Waals surface area contributed by atoms with Crippen LogP contribution in [0.1, 0.15) is 35.6 Å². The summed E-state index contributed by atoms with van der Waals surface area (Å²) in [6.07, 6.45) is 3.29. The van der Waals surface area contributed by atoms with Crippen LogP contribution in [0, 0.1) is 6.92 Å². The lowest BCUT2D eigenvalue weighted by atomic mass is 9.99. The fourth-order valence-corrected chi connectivity index (χ4v) is 2.15. The van der Waals surface area contributed by atoms with E-state index >= 15 is 0 Å². The second-order valence-corrected chi connectivity index (χ2v) is 4.90. The maximum absolute atomic E-state index is 6.18. The zero-order valence-corrected chi connectivity index (χ0v) is 11.0. The summed E-state index contributed by atoms with van der Waals surface area (Å²) in [7, 11) is 0. The highest BCUT2D eigenvalue weighted by molar-refractivity contribution is 5.21. The van der Waals surface area contributed by atoms with Crippen molar-refractivity contribution in [2.75, 3.05) is 0 Å². The predicted molar refractivity (Wildman–Crippen MR) is 77.5 cm³/mol. The third-order valence-corrected chi connectivity index (χ3v) is 3.33. The topological polar surface area (TPSA) is 26.0 Å². The van der Waals surface area contributed by atoms with Crippen LogP contribution < -0.4 is 5.73 Å². The van der Waals surface area contributed by atoms with Gasteiger partial charge < -0.3 is 5.73 Å². The van der Waals surface area contributed by atoms with E-state index < -0.39 is 0 Å². The van der Waals surface area contributed by atoms with E-state index in [-0.39, 0.29) is 6.04 Å². The van der Waals surface area contributed by atoms with Gasteiger partial charge in [-0.05, 0) is 37.3 Å². The summed E-state index contributed by atoms with van der Waals surface area (Å²) >= 11 is 0. The van der Waals surface area contributed by atoms with Crippen molar-refractivity contribution in [3.05, 3.63) is 71.3 Å². The molecular weight excluding hydrogens is 218 g/mol. The molecule has 0 saturated heterocycles. The predicted octanol–water partition coefficient (Wildman–Crippen LogP) is 4.02. The van der Waals surface area contributed by atoms with Crippen molar-refractivity contribution in [1.82, 2.24) is 0 Å². The fraction of sp³-hybridized carbons (Fsp3) is 0.294. The van der Waals surface area contributed by atoms with E-state index in [2.05, 4.69) is 55.5 Å². The minimum atomic E-state index is 0.164. The van der Waals surface area contributed by atoms with Crippen molar-refractivity contribution in [2.45, 2.75) is 32.2 Å². The van der Waals surface area contributed by atoms with Gasteiger partial charge >= 0.3 is 0 Å². The Kier molecular flexibility index (Phi) is 4.54. The minimum absolute atomic E-state index is 0.164. The zero-order valence-electron chi connectivity index (χ0n) is 11.0. The molecule has 0 aliphatic heterocycles. The molecule has 0 aliphatic rings. The molecule has 1 unspecified atom stereocenters. The molecule has 1 nitrogen and oxygen atoms in total. The van der Waals surface area contributed by atoms with E-state index in [1.54, 1.807) is 0 Å². The van der Waals surface area contributed by atoms with Gasteiger partial charge in [0.1, 0.15) is 0 Å². The number of hydrogen-bond acceptors (Lipinski definition) is 1. The van der Waals surface area contributed by atoms with Crippen molar-refractivity contribution in [1.29, 1.82) is 0 Å². The molecule has 0 saturated carbocycles. The Balaban J connectivity index is 1.80. The second kappa shape index (κ2) is 6.36. The molecule has 0 bridgehead atoms. The molecule has 2 aromatic rings. The molecule has 0 fully saturated rings. The Morgan fingerprint density at radius 1 is 0.944 bits per heavy atom. The van der Waals surface area contributed by atoms with Crippen molar-refractivity contribution in [3.8, 4) is 0 Å². The van der Waals surface area contributed by atoms with Crippen molar-refractivity contribution in [2.24, 2.45) is 5.73 Å². The summed E-state index contributed by atoms with van der Waals surface area (Å²) in [5, 5.41) is 0. The van der Waals surface area contributed by atoms with E-state index in [0.29, 0.717) is 0 Å². The zero-order chi connectivity index (χ0) is 12.8. The van der Waals surface area contributed by atoms with Crippen LogP contribution >= 0.6 is 0 Å². The molecule has 94 valence electrons. The Labute approximate surface area is 110 Å².